The van der Waals surface area contributed by atoms with Gasteiger partial charge >= 0.3 is 5.97 Å². The number of carbonyl (C=O) groups is 2. The number of carboxylic acid groups (broad SMARTS) is 1. The van der Waals surface area contributed by atoms with Crippen LogP contribution in [0.2, 0.25) is 5.02 Å². The summed E-state index contributed by atoms with van der Waals surface area (Å²) in [7, 11) is 0. The van der Waals surface area contributed by atoms with Crippen molar-refractivity contribution in [1.29, 1.82) is 0 Å². The highest BCUT2D eigenvalue weighted by Gasteiger charge is 2.20. The first-order valence-corrected chi connectivity index (χ1v) is 6.44. The molecule has 1 aliphatic carbocycles. The number of hydrogen-bond donors (Lipinski definition) is 2. The molecule has 0 aromatic heterocycles. The van der Waals surface area contributed by atoms with Crippen LogP contribution in [0.25, 0.3) is 0 Å². The van der Waals surface area contributed by atoms with E-state index >= 15 is 0 Å². The summed E-state index contributed by atoms with van der Waals surface area (Å²) >= 11 is 5.76. The Hall–Kier alpha value is -1.81. The minimum absolute atomic E-state index is 0.00667. The van der Waals surface area contributed by atoms with Crippen molar-refractivity contribution in [1.82, 2.24) is 0 Å². The maximum Gasteiger partial charge on any atom is 0.337 e. The number of carboxylic acids is 1. The normalized spacial score (nSPS) is 18.1. The lowest BCUT2D eigenvalue weighted by Crippen LogP contribution is -2.24. The van der Waals surface area contributed by atoms with E-state index in [2.05, 4.69) is 11.4 Å². The number of amides is 1. The molecule has 2 N–H and O–H groups in total. The average Bonchev–Trinajstić information content (AvgIpc) is 2.41. The molecule has 4 nitrogen and oxygen atoms in total. The van der Waals surface area contributed by atoms with Crippen LogP contribution < -0.4 is 5.32 Å². The van der Waals surface area contributed by atoms with Crippen LogP contribution in [0.3, 0.4) is 0 Å². The van der Waals surface area contributed by atoms with E-state index in [0.29, 0.717) is 11.4 Å². The molecule has 1 aromatic carbocycles. The summed E-state index contributed by atoms with van der Waals surface area (Å²) in [6.45, 7) is 0. The highest BCUT2D eigenvalue weighted by atomic mass is 35.5. The van der Waals surface area contributed by atoms with Crippen LogP contribution in [0.5, 0.6) is 0 Å². The maximum atomic E-state index is 12.1. The van der Waals surface area contributed by atoms with Gasteiger partial charge in [0, 0.05) is 10.9 Å². The highest BCUT2D eigenvalue weighted by molar-refractivity contribution is 6.31. The molecule has 0 spiro atoms. The molecule has 1 atom stereocenters. The zero-order valence-electron chi connectivity index (χ0n) is 10.2. The van der Waals surface area contributed by atoms with E-state index in [4.69, 9.17) is 16.7 Å². The minimum atomic E-state index is -1.11. The van der Waals surface area contributed by atoms with E-state index in [9.17, 15) is 9.59 Å². The monoisotopic (exact) mass is 279 g/mol. The number of rotatable bonds is 3. The third-order valence-corrected chi connectivity index (χ3v) is 3.34. The lowest BCUT2D eigenvalue weighted by Gasteiger charge is -2.18. The third-order valence-electron chi connectivity index (χ3n) is 3.11. The van der Waals surface area contributed by atoms with Crippen LogP contribution in [0.4, 0.5) is 5.69 Å². The number of nitrogens with one attached hydrogen (secondary N) is 1. The van der Waals surface area contributed by atoms with Gasteiger partial charge < -0.3 is 10.4 Å². The van der Waals surface area contributed by atoms with Crippen molar-refractivity contribution >= 4 is 29.2 Å². The Morgan fingerprint density at radius 3 is 2.74 bits per heavy atom. The van der Waals surface area contributed by atoms with Gasteiger partial charge in [-0.2, -0.15) is 0 Å². The molecule has 1 aliphatic rings. The Balaban J connectivity index is 2.16. The number of carbonyl (C=O) groups excluding carboxylic acids is 1. The van der Waals surface area contributed by atoms with Gasteiger partial charge in [-0.25, -0.2) is 4.79 Å². The van der Waals surface area contributed by atoms with Gasteiger partial charge in [0.15, 0.2) is 0 Å². The second kappa shape index (κ2) is 5.89. The smallest absolute Gasteiger partial charge is 0.337 e. The largest absolute Gasteiger partial charge is 0.478 e. The third kappa shape index (κ3) is 3.35. The van der Waals surface area contributed by atoms with E-state index in [1.54, 1.807) is 6.07 Å². The zero-order chi connectivity index (χ0) is 13.8. The van der Waals surface area contributed by atoms with E-state index in [0.717, 1.165) is 12.8 Å². The van der Waals surface area contributed by atoms with Crippen LogP contribution in [0, 0.1) is 5.92 Å². The fourth-order valence-corrected chi connectivity index (χ4v) is 2.24. The number of anilines is 1. The van der Waals surface area contributed by atoms with Crippen molar-refractivity contribution in [3.63, 3.8) is 0 Å². The number of hydrogen-bond acceptors (Lipinski definition) is 2. The summed E-state index contributed by atoms with van der Waals surface area (Å²) in [5.74, 6) is -1.35. The molecule has 0 saturated carbocycles. The quantitative estimate of drug-likeness (QED) is 0.834. The molecular weight excluding hydrogens is 266 g/mol. The Labute approximate surface area is 116 Å². The van der Waals surface area contributed by atoms with Crippen LogP contribution in [-0.4, -0.2) is 17.0 Å². The second-order valence-electron chi connectivity index (χ2n) is 4.47. The molecule has 1 amide bonds. The molecule has 1 aromatic rings. The first kappa shape index (κ1) is 13.6. The molecule has 0 fully saturated rings. The standard InChI is InChI=1S/C14H14ClNO3/c15-10-6-7-12(11(8-10)14(18)19)16-13(17)9-4-2-1-3-5-9/h1-2,6-9H,3-5H2,(H,16,17)(H,18,19). The topological polar surface area (TPSA) is 66.4 Å². The average molecular weight is 280 g/mol. The molecule has 2 rings (SSSR count). The molecule has 5 heteroatoms. The first-order chi connectivity index (χ1) is 9.08. The number of benzene rings is 1. The molecule has 0 heterocycles. The molecule has 0 radical (unpaired) electrons. The minimum Gasteiger partial charge on any atom is -0.478 e. The molecule has 0 aliphatic heterocycles. The maximum absolute atomic E-state index is 12.1. The SMILES string of the molecule is O=C(O)c1cc(Cl)ccc1NC(=O)C1CC=CCC1. The lowest BCUT2D eigenvalue weighted by molar-refractivity contribution is -0.120. The van der Waals surface area contributed by atoms with Gasteiger partial charge in [-0.15, -0.1) is 0 Å². The predicted molar refractivity (Wildman–Crippen MR) is 73.5 cm³/mol. The Kier molecular flexibility index (Phi) is 4.22. The predicted octanol–water partition coefficient (Wildman–Crippen LogP) is 3.33. The van der Waals surface area contributed by atoms with Crippen molar-refractivity contribution in [3.8, 4) is 0 Å². The van der Waals surface area contributed by atoms with Gasteiger partial charge in [-0.3, -0.25) is 4.79 Å². The summed E-state index contributed by atoms with van der Waals surface area (Å²) in [5, 5.41) is 12.1. The lowest BCUT2D eigenvalue weighted by atomic mass is 9.93. The fourth-order valence-electron chi connectivity index (χ4n) is 2.07. The van der Waals surface area contributed by atoms with Crippen LogP contribution in [0.1, 0.15) is 29.6 Å². The van der Waals surface area contributed by atoms with Crippen molar-refractivity contribution in [2.75, 3.05) is 5.32 Å². The van der Waals surface area contributed by atoms with Gasteiger partial charge in [0.25, 0.3) is 0 Å². The molecule has 1 unspecified atom stereocenters. The molecule has 100 valence electrons. The number of halogens is 1. The first-order valence-electron chi connectivity index (χ1n) is 6.06. The van der Waals surface area contributed by atoms with Crippen LogP contribution in [0.15, 0.2) is 30.4 Å². The van der Waals surface area contributed by atoms with Gasteiger partial charge in [0.05, 0.1) is 11.3 Å². The highest BCUT2D eigenvalue weighted by Crippen LogP contribution is 2.24. The Morgan fingerprint density at radius 2 is 2.11 bits per heavy atom. The van der Waals surface area contributed by atoms with Gasteiger partial charge in [0.2, 0.25) is 5.91 Å². The second-order valence-corrected chi connectivity index (χ2v) is 4.90. The summed E-state index contributed by atoms with van der Waals surface area (Å²) < 4.78 is 0. The van der Waals surface area contributed by atoms with Crippen LogP contribution in [-0.2, 0) is 4.79 Å². The van der Waals surface area contributed by atoms with Crippen LogP contribution >= 0.6 is 11.6 Å². The van der Waals surface area contributed by atoms with Gasteiger partial charge in [0.1, 0.15) is 0 Å². The van der Waals surface area contributed by atoms with E-state index < -0.39 is 5.97 Å². The van der Waals surface area contributed by atoms with Crippen molar-refractivity contribution in [3.05, 3.63) is 40.9 Å². The fraction of sp³-hybridized carbons (Fsp3) is 0.286. The van der Waals surface area contributed by atoms with Crippen molar-refractivity contribution < 1.29 is 14.7 Å². The summed E-state index contributed by atoms with van der Waals surface area (Å²) in [6.07, 6.45) is 6.40. The van der Waals surface area contributed by atoms with E-state index in [1.807, 2.05) is 6.08 Å². The van der Waals surface area contributed by atoms with Gasteiger partial charge in [-0.05, 0) is 37.5 Å². The summed E-state index contributed by atoms with van der Waals surface area (Å²) in [4.78, 5) is 23.2. The molecule has 0 saturated heterocycles. The Bertz CT molecular complexity index is 539. The number of allylic oxidation sites excluding steroid dienone is 2. The van der Waals surface area contributed by atoms with Gasteiger partial charge in [-0.1, -0.05) is 23.8 Å². The summed E-state index contributed by atoms with van der Waals surface area (Å²) in [5.41, 5.74) is 0.295. The van der Waals surface area contributed by atoms with E-state index in [1.165, 1.54) is 12.1 Å². The molecular formula is C14H14ClNO3. The molecule has 19 heavy (non-hydrogen) atoms. The Morgan fingerprint density at radius 1 is 1.32 bits per heavy atom. The van der Waals surface area contributed by atoms with E-state index in [-0.39, 0.29) is 23.1 Å². The molecule has 0 bridgehead atoms. The summed E-state index contributed by atoms with van der Waals surface area (Å²) in [6, 6.07) is 4.41. The zero-order valence-corrected chi connectivity index (χ0v) is 11.0. The van der Waals surface area contributed by atoms with Crippen molar-refractivity contribution in [2.24, 2.45) is 5.92 Å². The number of aromatic carboxylic acids is 1. The van der Waals surface area contributed by atoms with Crippen molar-refractivity contribution in [2.45, 2.75) is 19.3 Å².